The number of rotatable bonds is 3. The molecule has 0 aliphatic carbocycles. The van der Waals surface area contributed by atoms with E-state index in [9.17, 15) is 0 Å². The van der Waals surface area contributed by atoms with Gasteiger partial charge in [-0.15, -0.1) is 0 Å². The second-order valence-corrected chi connectivity index (χ2v) is 7.35. The van der Waals surface area contributed by atoms with Crippen LogP contribution in [0.3, 0.4) is 0 Å². The Morgan fingerprint density at radius 2 is 1.91 bits per heavy atom. The minimum Gasteiger partial charge on any atom is -0.383 e. The van der Waals surface area contributed by atoms with Crippen LogP contribution in [0.25, 0.3) is 11.0 Å². The number of hydrogen-bond acceptors (Lipinski definition) is 5. The molecule has 0 atom stereocenters. The number of hydrogen-bond donors (Lipinski definition) is 1. The summed E-state index contributed by atoms with van der Waals surface area (Å²) in [6.07, 6.45) is 5.85. The topological polar surface area (TPSA) is 72.9 Å². The van der Waals surface area contributed by atoms with Crippen molar-refractivity contribution in [3.8, 4) is 0 Å². The van der Waals surface area contributed by atoms with E-state index in [1.807, 2.05) is 4.68 Å². The molecule has 0 radical (unpaired) electrons. The molecule has 1 saturated heterocycles. The van der Waals surface area contributed by atoms with Gasteiger partial charge in [-0.25, -0.2) is 14.6 Å². The van der Waals surface area contributed by atoms with E-state index in [4.69, 9.17) is 5.73 Å². The first kappa shape index (κ1) is 15.2. The molecule has 22 heavy (non-hydrogen) atoms. The summed E-state index contributed by atoms with van der Waals surface area (Å²) in [6, 6.07) is 0. The van der Waals surface area contributed by atoms with Crippen molar-refractivity contribution >= 4 is 16.9 Å². The monoisotopic (exact) mass is 302 g/mol. The van der Waals surface area contributed by atoms with E-state index < -0.39 is 0 Å². The highest BCUT2D eigenvalue weighted by atomic mass is 15.3. The molecule has 2 aromatic rings. The Morgan fingerprint density at radius 1 is 1.18 bits per heavy atom. The highest BCUT2D eigenvalue weighted by molar-refractivity contribution is 5.84. The van der Waals surface area contributed by atoms with Crippen molar-refractivity contribution in [2.75, 3.05) is 25.4 Å². The van der Waals surface area contributed by atoms with Gasteiger partial charge in [0.1, 0.15) is 12.1 Å². The summed E-state index contributed by atoms with van der Waals surface area (Å²) < 4.78 is 1.93. The maximum absolute atomic E-state index is 5.85. The molecule has 0 spiro atoms. The van der Waals surface area contributed by atoms with Gasteiger partial charge >= 0.3 is 0 Å². The lowest BCUT2D eigenvalue weighted by Gasteiger charge is -2.38. The molecule has 3 heterocycles. The Morgan fingerprint density at radius 3 is 2.59 bits per heavy atom. The fourth-order valence-electron chi connectivity index (χ4n) is 3.33. The zero-order valence-corrected chi connectivity index (χ0v) is 13.8. The van der Waals surface area contributed by atoms with Crippen molar-refractivity contribution in [2.45, 2.75) is 40.2 Å². The van der Waals surface area contributed by atoms with Crippen LogP contribution >= 0.6 is 0 Å². The average Bonchev–Trinajstić information content (AvgIpc) is 2.89. The first-order chi connectivity index (χ1) is 10.4. The van der Waals surface area contributed by atoms with Crippen LogP contribution in [0.1, 0.15) is 33.6 Å². The van der Waals surface area contributed by atoms with Crippen LogP contribution in [-0.4, -0.2) is 44.3 Å². The Bertz CT molecular complexity index is 634. The van der Waals surface area contributed by atoms with Crippen LogP contribution in [0.4, 0.5) is 5.82 Å². The van der Waals surface area contributed by atoms with Crippen molar-refractivity contribution in [1.29, 1.82) is 0 Å². The lowest BCUT2D eigenvalue weighted by molar-refractivity contribution is 0.109. The number of nitrogen functional groups attached to an aromatic ring is 1. The third kappa shape index (κ3) is 3.06. The molecule has 0 saturated carbocycles. The van der Waals surface area contributed by atoms with E-state index >= 15 is 0 Å². The third-order valence-electron chi connectivity index (χ3n) is 4.90. The molecule has 1 aliphatic rings. The first-order valence-electron chi connectivity index (χ1n) is 8.09. The molecule has 0 amide bonds. The summed E-state index contributed by atoms with van der Waals surface area (Å²) >= 11 is 0. The van der Waals surface area contributed by atoms with Gasteiger partial charge in [-0.1, -0.05) is 20.8 Å². The smallest absolute Gasteiger partial charge is 0.163 e. The standard InChI is InChI=1S/C16H26N6/c1-16(2,3)12-4-6-21(7-5-12)8-9-22-15-13(10-20-22)14(17)18-11-19-15/h10-12H,4-9H2,1-3H3,(H2,17,18,19). The molecule has 2 aromatic heterocycles. The van der Waals surface area contributed by atoms with E-state index in [2.05, 4.69) is 40.7 Å². The van der Waals surface area contributed by atoms with Gasteiger partial charge in [0, 0.05) is 6.54 Å². The Labute approximate surface area is 131 Å². The largest absolute Gasteiger partial charge is 0.383 e. The zero-order chi connectivity index (χ0) is 15.7. The van der Waals surface area contributed by atoms with Crippen molar-refractivity contribution in [3.63, 3.8) is 0 Å². The molecule has 3 rings (SSSR count). The van der Waals surface area contributed by atoms with Crippen LogP contribution in [0, 0.1) is 11.3 Å². The van der Waals surface area contributed by atoms with Crippen LogP contribution in [0.15, 0.2) is 12.5 Å². The number of likely N-dealkylation sites (tertiary alicyclic amines) is 1. The minimum absolute atomic E-state index is 0.429. The molecule has 2 N–H and O–H groups in total. The Balaban J connectivity index is 1.58. The fraction of sp³-hybridized carbons (Fsp3) is 0.688. The van der Waals surface area contributed by atoms with Gasteiger partial charge in [-0.3, -0.25) is 0 Å². The van der Waals surface area contributed by atoms with Gasteiger partial charge < -0.3 is 10.6 Å². The van der Waals surface area contributed by atoms with E-state index in [0.717, 1.165) is 30.0 Å². The maximum Gasteiger partial charge on any atom is 0.163 e. The summed E-state index contributed by atoms with van der Waals surface area (Å²) in [5.41, 5.74) is 7.11. The Kier molecular flexibility index (Phi) is 4.04. The molecule has 1 fully saturated rings. The summed E-state index contributed by atoms with van der Waals surface area (Å²) in [5.74, 6) is 1.34. The molecule has 0 bridgehead atoms. The van der Waals surface area contributed by atoms with Crippen LogP contribution in [-0.2, 0) is 6.54 Å². The zero-order valence-electron chi connectivity index (χ0n) is 13.8. The molecule has 6 nitrogen and oxygen atoms in total. The van der Waals surface area contributed by atoms with Gasteiger partial charge in [0.2, 0.25) is 0 Å². The first-order valence-corrected chi connectivity index (χ1v) is 8.09. The Hall–Kier alpha value is -1.69. The van der Waals surface area contributed by atoms with Crippen LogP contribution in [0.5, 0.6) is 0 Å². The third-order valence-corrected chi connectivity index (χ3v) is 4.90. The van der Waals surface area contributed by atoms with Crippen molar-refractivity contribution in [2.24, 2.45) is 11.3 Å². The molecule has 0 aromatic carbocycles. The SMILES string of the molecule is CC(C)(C)C1CCN(CCn2ncc3c(N)ncnc32)CC1. The quantitative estimate of drug-likeness (QED) is 0.940. The van der Waals surface area contributed by atoms with E-state index in [0.29, 0.717) is 11.2 Å². The van der Waals surface area contributed by atoms with Crippen molar-refractivity contribution in [1.82, 2.24) is 24.6 Å². The predicted molar refractivity (Wildman–Crippen MR) is 88.4 cm³/mol. The van der Waals surface area contributed by atoms with Gasteiger partial charge in [0.25, 0.3) is 0 Å². The van der Waals surface area contributed by atoms with E-state index in [-0.39, 0.29) is 0 Å². The predicted octanol–water partition coefficient (Wildman–Crippen LogP) is 2.17. The van der Waals surface area contributed by atoms with Gasteiger partial charge in [-0.2, -0.15) is 5.10 Å². The number of piperidine rings is 1. The molecule has 120 valence electrons. The summed E-state index contributed by atoms with van der Waals surface area (Å²) in [6.45, 7) is 11.3. The second-order valence-electron chi connectivity index (χ2n) is 7.35. The molecule has 6 heteroatoms. The molecule has 0 unspecified atom stereocenters. The number of nitrogens with two attached hydrogens (primary N) is 1. The highest BCUT2D eigenvalue weighted by Crippen LogP contribution is 2.34. The molecular formula is C16H26N6. The summed E-state index contributed by atoms with van der Waals surface area (Å²) in [4.78, 5) is 10.8. The second kappa shape index (κ2) is 5.83. The van der Waals surface area contributed by atoms with Gasteiger partial charge in [0.15, 0.2) is 5.65 Å². The van der Waals surface area contributed by atoms with Crippen molar-refractivity contribution in [3.05, 3.63) is 12.5 Å². The number of fused-ring (bicyclic) bond motifs is 1. The van der Waals surface area contributed by atoms with Crippen molar-refractivity contribution < 1.29 is 0 Å². The lowest BCUT2D eigenvalue weighted by Crippen LogP contribution is -2.39. The lowest BCUT2D eigenvalue weighted by atomic mass is 9.75. The van der Waals surface area contributed by atoms with Gasteiger partial charge in [-0.05, 0) is 37.3 Å². The number of anilines is 1. The summed E-state index contributed by atoms with van der Waals surface area (Å²) in [7, 11) is 0. The van der Waals surface area contributed by atoms with Crippen LogP contribution in [0.2, 0.25) is 0 Å². The fourth-order valence-corrected chi connectivity index (χ4v) is 3.33. The summed E-state index contributed by atoms with van der Waals surface area (Å²) in [5, 5.41) is 5.24. The average molecular weight is 302 g/mol. The molecule has 1 aliphatic heterocycles. The number of aromatic nitrogens is 4. The normalized spacial score (nSPS) is 18.1. The van der Waals surface area contributed by atoms with Crippen LogP contribution < -0.4 is 5.73 Å². The minimum atomic E-state index is 0.429. The molecular weight excluding hydrogens is 276 g/mol. The van der Waals surface area contributed by atoms with E-state index in [1.165, 1.54) is 32.3 Å². The highest BCUT2D eigenvalue weighted by Gasteiger charge is 2.28. The van der Waals surface area contributed by atoms with Gasteiger partial charge in [0.05, 0.1) is 18.1 Å². The maximum atomic E-state index is 5.85. The number of nitrogens with zero attached hydrogens (tertiary/aromatic N) is 5. The van der Waals surface area contributed by atoms with E-state index in [1.54, 1.807) is 6.20 Å².